The molecule has 1 aromatic heterocycles. The van der Waals surface area contributed by atoms with Crippen LogP contribution < -0.4 is 0 Å². The summed E-state index contributed by atoms with van der Waals surface area (Å²) in [6.07, 6.45) is 1.76. The summed E-state index contributed by atoms with van der Waals surface area (Å²) >= 11 is 0. The van der Waals surface area contributed by atoms with Crippen LogP contribution in [0, 0.1) is 6.92 Å². The fourth-order valence-corrected chi connectivity index (χ4v) is 1.68. The van der Waals surface area contributed by atoms with Gasteiger partial charge >= 0.3 is 0 Å². The molecular formula is C11H18N2O2. The third-order valence-electron chi connectivity index (χ3n) is 2.59. The van der Waals surface area contributed by atoms with Crippen molar-refractivity contribution in [2.24, 2.45) is 7.05 Å². The highest BCUT2D eigenvalue weighted by atomic mass is 16.3. The number of hydrogen-bond donors (Lipinski definition) is 1. The Morgan fingerprint density at radius 1 is 1.47 bits per heavy atom. The van der Waals surface area contributed by atoms with Crippen LogP contribution in [0.1, 0.15) is 29.9 Å². The predicted octanol–water partition coefficient (Wildman–Crippen LogP) is 1.52. The molecule has 4 heteroatoms. The topological polar surface area (TPSA) is 45.5 Å². The van der Waals surface area contributed by atoms with Crippen LogP contribution in [-0.2, 0) is 7.05 Å². The van der Waals surface area contributed by atoms with Crippen LogP contribution in [0.2, 0.25) is 0 Å². The second kappa shape index (κ2) is 4.38. The molecule has 1 amide bonds. The van der Waals surface area contributed by atoms with E-state index in [1.54, 1.807) is 29.6 Å². The highest BCUT2D eigenvalue weighted by Gasteiger charge is 2.21. The SMILES string of the molecule is CCN(CC)C(=O)c1c(O)c(C)cn1C. The maximum absolute atomic E-state index is 12.0. The summed E-state index contributed by atoms with van der Waals surface area (Å²) in [4.78, 5) is 13.7. The van der Waals surface area contributed by atoms with Gasteiger partial charge in [0, 0.05) is 31.9 Å². The lowest BCUT2D eigenvalue weighted by atomic mass is 10.2. The molecule has 0 atom stereocenters. The van der Waals surface area contributed by atoms with Crippen molar-refractivity contribution in [2.75, 3.05) is 13.1 Å². The van der Waals surface area contributed by atoms with Crippen LogP contribution in [-0.4, -0.2) is 33.6 Å². The van der Waals surface area contributed by atoms with E-state index in [-0.39, 0.29) is 11.7 Å². The lowest BCUT2D eigenvalue weighted by molar-refractivity contribution is 0.0760. The lowest BCUT2D eigenvalue weighted by Crippen LogP contribution is -2.31. The first-order chi connectivity index (χ1) is 7.02. The molecule has 15 heavy (non-hydrogen) atoms. The maximum Gasteiger partial charge on any atom is 0.274 e. The Labute approximate surface area is 90.1 Å². The van der Waals surface area contributed by atoms with Crippen molar-refractivity contribution in [1.29, 1.82) is 0 Å². The number of aryl methyl sites for hydroxylation is 2. The van der Waals surface area contributed by atoms with E-state index in [0.29, 0.717) is 18.8 Å². The standard InChI is InChI=1S/C11H18N2O2/c1-5-13(6-2)11(15)9-10(14)8(3)7-12(9)4/h7,14H,5-6H2,1-4H3. The third-order valence-corrected chi connectivity index (χ3v) is 2.59. The van der Waals surface area contributed by atoms with Crippen molar-refractivity contribution >= 4 is 5.91 Å². The minimum atomic E-state index is -0.117. The van der Waals surface area contributed by atoms with Gasteiger partial charge in [-0.2, -0.15) is 0 Å². The molecule has 84 valence electrons. The van der Waals surface area contributed by atoms with Gasteiger partial charge in [-0.15, -0.1) is 0 Å². The van der Waals surface area contributed by atoms with Gasteiger partial charge in [-0.1, -0.05) is 0 Å². The number of nitrogens with zero attached hydrogens (tertiary/aromatic N) is 2. The molecule has 0 radical (unpaired) electrons. The summed E-state index contributed by atoms with van der Waals surface area (Å²) < 4.78 is 1.67. The first kappa shape index (κ1) is 11.6. The number of amides is 1. The molecule has 1 aromatic rings. The van der Waals surface area contributed by atoms with Gasteiger partial charge in [0.1, 0.15) is 11.4 Å². The van der Waals surface area contributed by atoms with Gasteiger partial charge in [-0.25, -0.2) is 0 Å². The van der Waals surface area contributed by atoms with Crippen LogP contribution in [0.4, 0.5) is 0 Å². The summed E-state index contributed by atoms with van der Waals surface area (Å²) in [6.45, 7) is 6.94. The van der Waals surface area contributed by atoms with Gasteiger partial charge in [0.05, 0.1) is 0 Å². The molecule has 1 N–H and O–H groups in total. The number of carbonyl (C=O) groups is 1. The zero-order valence-electron chi connectivity index (χ0n) is 9.74. The van der Waals surface area contributed by atoms with Gasteiger partial charge in [-0.05, 0) is 20.8 Å². The molecule has 1 rings (SSSR count). The number of rotatable bonds is 3. The molecule has 0 aliphatic rings. The van der Waals surface area contributed by atoms with E-state index in [0.717, 1.165) is 5.56 Å². The smallest absolute Gasteiger partial charge is 0.274 e. The molecule has 0 aromatic carbocycles. The summed E-state index contributed by atoms with van der Waals surface area (Å²) in [6, 6.07) is 0. The molecule has 0 spiro atoms. The Kier molecular flexibility index (Phi) is 3.39. The zero-order valence-corrected chi connectivity index (χ0v) is 9.74. The van der Waals surface area contributed by atoms with Gasteiger partial charge in [0.2, 0.25) is 0 Å². The van der Waals surface area contributed by atoms with Crippen molar-refractivity contribution in [3.8, 4) is 5.75 Å². The highest BCUT2D eigenvalue weighted by Crippen LogP contribution is 2.24. The highest BCUT2D eigenvalue weighted by molar-refractivity contribution is 5.95. The number of aromatic hydroxyl groups is 1. The Morgan fingerprint density at radius 2 is 2.00 bits per heavy atom. The van der Waals surface area contributed by atoms with Crippen molar-refractivity contribution < 1.29 is 9.90 Å². The Hall–Kier alpha value is -1.45. The minimum Gasteiger partial charge on any atom is -0.505 e. The first-order valence-electron chi connectivity index (χ1n) is 5.17. The molecule has 0 saturated carbocycles. The van der Waals surface area contributed by atoms with Crippen molar-refractivity contribution in [1.82, 2.24) is 9.47 Å². The fraction of sp³-hybridized carbons (Fsp3) is 0.545. The van der Waals surface area contributed by atoms with Crippen molar-refractivity contribution in [2.45, 2.75) is 20.8 Å². The van der Waals surface area contributed by atoms with E-state index < -0.39 is 0 Å². The third kappa shape index (κ3) is 1.98. The van der Waals surface area contributed by atoms with Crippen LogP contribution >= 0.6 is 0 Å². The molecule has 0 unspecified atom stereocenters. The Balaban J connectivity index is 3.10. The molecule has 0 aliphatic carbocycles. The van der Waals surface area contributed by atoms with Gasteiger partial charge in [0.15, 0.2) is 0 Å². The largest absolute Gasteiger partial charge is 0.505 e. The minimum absolute atomic E-state index is 0.0920. The lowest BCUT2D eigenvalue weighted by Gasteiger charge is -2.18. The van der Waals surface area contributed by atoms with Gasteiger partial charge in [-0.3, -0.25) is 4.79 Å². The summed E-state index contributed by atoms with van der Waals surface area (Å²) in [7, 11) is 1.77. The number of hydrogen-bond acceptors (Lipinski definition) is 2. The van der Waals surface area contributed by atoms with E-state index in [4.69, 9.17) is 0 Å². The Bertz CT molecular complexity index is 365. The normalized spacial score (nSPS) is 10.4. The van der Waals surface area contributed by atoms with Gasteiger partial charge in [0.25, 0.3) is 5.91 Å². The molecule has 0 saturated heterocycles. The average molecular weight is 210 g/mol. The monoisotopic (exact) mass is 210 g/mol. The summed E-state index contributed by atoms with van der Waals surface area (Å²) in [5.74, 6) is -0.0255. The first-order valence-corrected chi connectivity index (χ1v) is 5.17. The van der Waals surface area contributed by atoms with Crippen LogP contribution in [0.3, 0.4) is 0 Å². The molecule has 0 fully saturated rings. The number of carbonyl (C=O) groups excluding carboxylic acids is 1. The molecule has 1 heterocycles. The molecule has 0 aliphatic heterocycles. The summed E-state index contributed by atoms with van der Waals surface area (Å²) in [5, 5.41) is 9.76. The van der Waals surface area contributed by atoms with Crippen LogP contribution in [0.15, 0.2) is 6.20 Å². The average Bonchev–Trinajstić information content (AvgIpc) is 2.43. The second-order valence-corrected chi connectivity index (χ2v) is 3.60. The molecule has 4 nitrogen and oxygen atoms in total. The fourth-order valence-electron chi connectivity index (χ4n) is 1.68. The molecule has 0 bridgehead atoms. The van der Waals surface area contributed by atoms with Gasteiger partial charge < -0.3 is 14.6 Å². The second-order valence-electron chi connectivity index (χ2n) is 3.60. The summed E-state index contributed by atoms with van der Waals surface area (Å²) in [5.41, 5.74) is 1.10. The van der Waals surface area contributed by atoms with E-state index in [2.05, 4.69) is 0 Å². The van der Waals surface area contributed by atoms with E-state index >= 15 is 0 Å². The zero-order chi connectivity index (χ0) is 11.6. The molecular weight excluding hydrogens is 192 g/mol. The van der Waals surface area contributed by atoms with Crippen LogP contribution in [0.5, 0.6) is 5.75 Å². The van der Waals surface area contributed by atoms with Crippen molar-refractivity contribution in [3.63, 3.8) is 0 Å². The van der Waals surface area contributed by atoms with E-state index in [1.807, 2.05) is 13.8 Å². The quantitative estimate of drug-likeness (QED) is 0.822. The van der Waals surface area contributed by atoms with E-state index in [1.165, 1.54) is 0 Å². The predicted molar refractivity (Wildman–Crippen MR) is 59.1 cm³/mol. The maximum atomic E-state index is 12.0. The van der Waals surface area contributed by atoms with Crippen molar-refractivity contribution in [3.05, 3.63) is 17.5 Å². The van der Waals surface area contributed by atoms with Crippen LogP contribution in [0.25, 0.3) is 0 Å². The number of aromatic nitrogens is 1. The van der Waals surface area contributed by atoms with E-state index in [9.17, 15) is 9.90 Å². The Morgan fingerprint density at radius 3 is 2.33 bits per heavy atom.